The molecule has 2 aromatic rings. The van der Waals surface area contributed by atoms with E-state index in [-0.39, 0.29) is 5.88 Å². The Balaban J connectivity index is 2.08. The van der Waals surface area contributed by atoms with Gasteiger partial charge in [0.15, 0.2) is 0 Å². The first-order valence-electron chi connectivity index (χ1n) is 5.32. The lowest BCUT2D eigenvalue weighted by atomic mass is 10.2. The second-order valence-corrected chi connectivity index (χ2v) is 3.66. The third-order valence-electron chi connectivity index (χ3n) is 2.28. The van der Waals surface area contributed by atoms with E-state index in [1.165, 1.54) is 6.20 Å². The minimum atomic E-state index is -0.421. The van der Waals surface area contributed by atoms with E-state index in [1.54, 1.807) is 19.2 Å². The third-order valence-corrected chi connectivity index (χ3v) is 2.28. The van der Waals surface area contributed by atoms with E-state index in [9.17, 15) is 4.79 Å². The molecule has 2 amide bonds. The van der Waals surface area contributed by atoms with Crippen molar-refractivity contribution in [1.29, 1.82) is 0 Å². The van der Waals surface area contributed by atoms with Crippen molar-refractivity contribution in [3.8, 4) is 5.75 Å². The number of carbonyl (C=O) groups is 1. The molecule has 0 unspecified atom stereocenters. The van der Waals surface area contributed by atoms with Crippen molar-refractivity contribution in [3.63, 3.8) is 0 Å². The quantitative estimate of drug-likeness (QED) is 0.874. The summed E-state index contributed by atoms with van der Waals surface area (Å²) in [5, 5.41) is 8.67. The Kier molecular flexibility index (Phi) is 3.47. The highest BCUT2D eigenvalue weighted by Gasteiger charge is 2.09. The second kappa shape index (κ2) is 5.22. The predicted octanol–water partition coefficient (Wildman–Crippen LogP) is 2.64. The van der Waals surface area contributed by atoms with E-state index >= 15 is 0 Å². The highest BCUT2D eigenvalue weighted by molar-refractivity contribution is 5.99. The van der Waals surface area contributed by atoms with Gasteiger partial charge in [0.05, 0.1) is 19.0 Å². The maximum absolute atomic E-state index is 11.7. The zero-order chi connectivity index (χ0) is 13.0. The molecule has 2 rings (SSSR count). The number of aryl methyl sites for hydroxylation is 1. The molecule has 0 radical (unpaired) electrons. The number of methoxy groups -OCH3 is 1. The number of aromatic nitrogens is 1. The van der Waals surface area contributed by atoms with Crippen LogP contribution in [0.3, 0.4) is 0 Å². The maximum Gasteiger partial charge on any atom is 0.326 e. The van der Waals surface area contributed by atoms with Crippen molar-refractivity contribution in [2.24, 2.45) is 0 Å². The van der Waals surface area contributed by atoms with Crippen molar-refractivity contribution in [3.05, 3.63) is 36.0 Å². The third kappa shape index (κ3) is 2.79. The second-order valence-electron chi connectivity index (χ2n) is 3.66. The van der Waals surface area contributed by atoms with Gasteiger partial charge in [0.1, 0.15) is 5.75 Å². The zero-order valence-corrected chi connectivity index (χ0v) is 10.1. The topological polar surface area (TPSA) is 76.4 Å². The molecule has 2 N–H and O–H groups in total. The van der Waals surface area contributed by atoms with E-state index in [1.807, 2.05) is 19.1 Å². The summed E-state index contributed by atoms with van der Waals surface area (Å²) < 4.78 is 9.93. The van der Waals surface area contributed by atoms with Crippen LogP contribution in [-0.4, -0.2) is 18.3 Å². The molecule has 0 aliphatic carbocycles. The minimum Gasteiger partial charge on any atom is -0.495 e. The highest BCUT2D eigenvalue weighted by atomic mass is 16.5. The largest absolute Gasteiger partial charge is 0.495 e. The molecular weight excluding hydrogens is 234 g/mol. The van der Waals surface area contributed by atoms with Gasteiger partial charge in [-0.1, -0.05) is 11.2 Å². The fraction of sp³-hybridized carbons (Fsp3) is 0.167. The van der Waals surface area contributed by atoms with Crippen LogP contribution < -0.4 is 15.4 Å². The van der Waals surface area contributed by atoms with Crippen LogP contribution in [-0.2, 0) is 0 Å². The smallest absolute Gasteiger partial charge is 0.326 e. The van der Waals surface area contributed by atoms with E-state index in [0.29, 0.717) is 11.4 Å². The Morgan fingerprint density at radius 1 is 1.33 bits per heavy atom. The van der Waals surface area contributed by atoms with Crippen LogP contribution in [0.2, 0.25) is 0 Å². The van der Waals surface area contributed by atoms with Crippen LogP contribution in [0, 0.1) is 6.92 Å². The Labute approximate surface area is 104 Å². The number of carbonyl (C=O) groups excluding carboxylic acids is 1. The number of rotatable bonds is 3. The molecule has 18 heavy (non-hydrogen) atoms. The van der Waals surface area contributed by atoms with E-state index in [0.717, 1.165) is 5.56 Å². The lowest BCUT2D eigenvalue weighted by Gasteiger charge is -2.10. The highest BCUT2D eigenvalue weighted by Crippen LogP contribution is 2.25. The number of ether oxygens (including phenoxy) is 1. The molecule has 0 fully saturated rings. The number of urea groups is 1. The van der Waals surface area contributed by atoms with Crippen molar-refractivity contribution in [2.45, 2.75) is 6.92 Å². The fourth-order valence-corrected chi connectivity index (χ4v) is 1.47. The van der Waals surface area contributed by atoms with Crippen LogP contribution in [0.15, 0.2) is 35.0 Å². The molecule has 0 aliphatic rings. The van der Waals surface area contributed by atoms with Crippen molar-refractivity contribution < 1.29 is 14.1 Å². The lowest BCUT2D eigenvalue weighted by Crippen LogP contribution is -2.19. The van der Waals surface area contributed by atoms with E-state index in [4.69, 9.17) is 9.26 Å². The minimum absolute atomic E-state index is 0.277. The zero-order valence-electron chi connectivity index (χ0n) is 10.1. The van der Waals surface area contributed by atoms with E-state index in [2.05, 4.69) is 15.8 Å². The van der Waals surface area contributed by atoms with Gasteiger partial charge in [0.2, 0.25) is 5.88 Å². The average Bonchev–Trinajstić information content (AvgIpc) is 2.82. The first kappa shape index (κ1) is 12.0. The van der Waals surface area contributed by atoms with Gasteiger partial charge in [-0.05, 0) is 24.6 Å². The van der Waals surface area contributed by atoms with Gasteiger partial charge in [-0.15, -0.1) is 0 Å². The first-order chi connectivity index (χ1) is 8.69. The summed E-state index contributed by atoms with van der Waals surface area (Å²) in [6.07, 6.45) is 1.45. The monoisotopic (exact) mass is 247 g/mol. The SMILES string of the molecule is COc1ccc(C)cc1NC(=O)Nc1ccno1. The number of anilines is 2. The number of hydrogen-bond acceptors (Lipinski definition) is 4. The maximum atomic E-state index is 11.7. The summed E-state index contributed by atoms with van der Waals surface area (Å²) in [7, 11) is 1.55. The molecule has 0 saturated carbocycles. The van der Waals surface area contributed by atoms with Gasteiger partial charge in [-0.3, -0.25) is 5.32 Å². The number of nitrogens with one attached hydrogen (secondary N) is 2. The van der Waals surface area contributed by atoms with Crippen LogP contribution >= 0.6 is 0 Å². The summed E-state index contributed by atoms with van der Waals surface area (Å²) in [6, 6.07) is 6.64. The molecule has 1 aromatic heterocycles. The molecule has 0 spiro atoms. The number of nitrogens with zero attached hydrogens (tertiary/aromatic N) is 1. The summed E-state index contributed by atoms with van der Waals surface area (Å²) >= 11 is 0. The Morgan fingerprint density at radius 2 is 2.17 bits per heavy atom. The average molecular weight is 247 g/mol. The molecule has 0 atom stereocenters. The molecule has 6 nitrogen and oxygen atoms in total. The molecule has 0 saturated heterocycles. The van der Waals surface area contributed by atoms with Gasteiger partial charge in [0, 0.05) is 6.07 Å². The van der Waals surface area contributed by atoms with Crippen LogP contribution in [0.5, 0.6) is 5.75 Å². The van der Waals surface area contributed by atoms with Gasteiger partial charge < -0.3 is 14.6 Å². The fourth-order valence-electron chi connectivity index (χ4n) is 1.47. The van der Waals surface area contributed by atoms with Crippen molar-refractivity contribution in [1.82, 2.24) is 5.16 Å². The normalized spacial score (nSPS) is 9.89. The molecule has 0 aliphatic heterocycles. The molecular formula is C12H13N3O3. The molecule has 1 aromatic carbocycles. The van der Waals surface area contributed by atoms with Gasteiger partial charge in [0.25, 0.3) is 0 Å². The number of amides is 2. The number of benzene rings is 1. The van der Waals surface area contributed by atoms with E-state index < -0.39 is 6.03 Å². The Bertz CT molecular complexity index is 538. The summed E-state index contributed by atoms with van der Waals surface area (Å²) in [4.78, 5) is 11.7. The van der Waals surface area contributed by atoms with Crippen LogP contribution in [0.1, 0.15) is 5.56 Å². The molecule has 0 bridgehead atoms. The Morgan fingerprint density at radius 3 is 2.83 bits per heavy atom. The summed E-state index contributed by atoms with van der Waals surface area (Å²) in [5.41, 5.74) is 1.61. The lowest BCUT2D eigenvalue weighted by molar-refractivity contribution is 0.261. The van der Waals surface area contributed by atoms with Gasteiger partial charge in [-0.2, -0.15) is 0 Å². The van der Waals surface area contributed by atoms with Gasteiger partial charge >= 0.3 is 6.03 Å². The molecule has 94 valence electrons. The summed E-state index contributed by atoms with van der Waals surface area (Å²) in [6.45, 7) is 1.93. The van der Waals surface area contributed by atoms with Crippen LogP contribution in [0.4, 0.5) is 16.4 Å². The first-order valence-corrected chi connectivity index (χ1v) is 5.32. The van der Waals surface area contributed by atoms with Crippen LogP contribution in [0.25, 0.3) is 0 Å². The molecule has 1 heterocycles. The van der Waals surface area contributed by atoms with Crippen molar-refractivity contribution in [2.75, 3.05) is 17.7 Å². The van der Waals surface area contributed by atoms with Crippen molar-refractivity contribution >= 4 is 17.6 Å². The Hall–Kier alpha value is -2.50. The van der Waals surface area contributed by atoms with Gasteiger partial charge in [-0.25, -0.2) is 4.79 Å². The number of hydrogen-bond donors (Lipinski definition) is 2. The molecule has 6 heteroatoms. The standard InChI is InChI=1S/C12H13N3O3/c1-8-3-4-10(17-2)9(7-8)14-12(16)15-11-5-6-13-18-11/h3-7H,1-2H3,(H2,14,15,16). The predicted molar refractivity (Wildman–Crippen MR) is 66.9 cm³/mol. The summed E-state index contributed by atoms with van der Waals surface area (Å²) in [5.74, 6) is 0.868.